The van der Waals surface area contributed by atoms with Gasteiger partial charge in [-0.3, -0.25) is 5.41 Å². The second kappa shape index (κ2) is 4.45. The molecular formula is C12H16BrN3. The first kappa shape index (κ1) is 11.5. The molecule has 1 fully saturated rings. The van der Waals surface area contributed by atoms with Crippen LogP contribution < -0.4 is 10.6 Å². The van der Waals surface area contributed by atoms with Crippen molar-refractivity contribution in [3.63, 3.8) is 0 Å². The summed E-state index contributed by atoms with van der Waals surface area (Å²) in [5.74, 6) is 0.135. The van der Waals surface area contributed by atoms with E-state index < -0.39 is 0 Å². The van der Waals surface area contributed by atoms with Gasteiger partial charge < -0.3 is 10.6 Å². The number of anilines is 1. The van der Waals surface area contributed by atoms with Crippen molar-refractivity contribution in [2.45, 2.75) is 25.8 Å². The molecule has 0 unspecified atom stereocenters. The average Bonchev–Trinajstić information content (AvgIpc) is 3.05. The van der Waals surface area contributed by atoms with Crippen molar-refractivity contribution in [3.05, 3.63) is 28.2 Å². The third kappa shape index (κ3) is 2.21. The van der Waals surface area contributed by atoms with E-state index in [2.05, 4.69) is 27.8 Å². The first-order valence-corrected chi connectivity index (χ1v) is 6.33. The Hall–Kier alpha value is -1.03. The van der Waals surface area contributed by atoms with E-state index in [0.717, 1.165) is 22.3 Å². The summed E-state index contributed by atoms with van der Waals surface area (Å²) < 4.78 is 0.966. The fraction of sp³-hybridized carbons (Fsp3) is 0.417. The number of benzene rings is 1. The van der Waals surface area contributed by atoms with Crippen molar-refractivity contribution in [2.75, 3.05) is 11.4 Å². The molecule has 0 saturated heterocycles. The first-order valence-electron chi connectivity index (χ1n) is 5.54. The van der Waals surface area contributed by atoms with Gasteiger partial charge in [0.15, 0.2) is 0 Å². The minimum Gasteiger partial charge on any atom is -0.384 e. The summed E-state index contributed by atoms with van der Waals surface area (Å²) in [6.45, 7) is 3.11. The summed E-state index contributed by atoms with van der Waals surface area (Å²) in [5.41, 5.74) is 7.54. The van der Waals surface area contributed by atoms with E-state index in [1.165, 1.54) is 12.8 Å². The lowest BCUT2D eigenvalue weighted by Gasteiger charge is -2.25. The van der Waals surface area contributed by atoms with E-state index in [1.54, 1.807) is 0 Å². The number of nitrogens with zero attached hydrogens (tertiary/aromatic N) is 1. The van der Waals surface area contributed by atoms with E-state index in [4.69, 9.17) is 11.1 Å². The Morgan fingerprint density at radius 3 is 2.75 bits per heavy atom. The van der Waals surface area contributed by atoms with Crippen LogP contribution in [0, 0.1) is 5.41 Å². The molecule has 0 spiro atoms. The maximum Gasteiger partial charge on any atom is 0.124 e. The maximum absolute atomic E-state index is 7.63. The fourth-order valence-corrected chi connectivity index (χ4v) is 2.35. The predicted molar refractivity (Wildman–Crippen MR) is 71.2 cm³/mol. The van der Waals surface area contributed by atoms with Crippen molar-refractivity contribution in [1.82, 2.24) is 0 Å². The van der Waals surface area contributed by atoms with Crippen LogP contribution in [-0.4, -0.2) is 18.4 Å². The van der Waals surface area contributed by atoms with Gasteiger partial charge in [0.2, 0.25) is 0 Å². The van der Waals surface area contributed by atoms with Gasteiger partial charge in [-0.2, -0.15) is 0 Å². The van der Waals surface area contributed by atoms with Gasteiger partial charge in [0.1, 0.15) is 5.84 Å². The van der Waals surface area contributed by atoms with E-state index in [9.17, 15) is 0 Å². The SMILES string of the molecule is CCN(c1ccc(Br)cc1C(=N)N)C1CC1. The Kier molecular flexibility index (Phi) is 3.19. The average molecular weight is 282 g/mol. The number of amidine groups is 1. The molecule has 2 rings (SSSR count). The van der Waals surface area contributed by atoms with Crippen LogP contribution in [0.4, 0.5) is 5.69 Å². The van der Waals surface area contributed by atoms with Crippen LogP contribution in [0.2, 0.25) is 0 Å². The zero-order valence-corrected chi connectivity index (χ0v) is 10.9. The molecule has 0 radical (unpaired) electrons. The third-order valence-corrected chi connectivity index (χ3v) is 3.38. The van der Waals surface area contributed by atoms with Crippen LogP contribution in [0.25, 0.3) is 0 Å². The molecule has 1 aliphatic carbocycles. The number of hydrogen-bond acceptors (Lipinski definition) is 2. The molecule has 0 heterocycles. The van der Waals surface area contributed by atoms with Gasteiger partial charge in [-0.25, -0.2) is 0 Å². The van der Waals surface area contributed by atoms with Crippen LogP contribution in [0.15, 0.2) is 22.7 Å². The molecule has 0 atom stereocenters. The Bertz CT molecular complexity index is 413. The quantitative estimate of drug-likeness (QED) is 0.659. The van der Waals surface area contributed by atoms with Gasteiger partial charge in [0.05, 0.1) is 0 Å². The third-order valence-electron chi connectivity index (χ3n) is 2.89. The van der Waals surface area contributed by atoms with Gasteiger partial charge in [0, 0.05) is 28.3 Å². The zero-order chi connectivity index (χ0) is 11.7. The Labute approximate surface area is 104 Å². The molecule has 1 saturated carbocycles. The maximum atomic E-state index is 7.63. The smallest absolute Gasteiger partial charge is 0.124 e. The van der Waals surface area contributed by atoms with Crippen molar-refractivity contribution < 1.29 is 0 Å². The first-order chi connectivity index (χ1) is 7.63. The number of nitrogen functional groups attached to an aromatic ring is 1. The van der Waals surface area contributed by atoms with Gasteiger partial charge in [-0.05, 0) is 38.0 Å². The normalized spacial score (nSPS) is 14.9. The summed E-state index contributed by atoms with van der Waals surface area (Å²) in [6, 6.07) is 6.61. The summed E-state index contributed by atoms with van der Waals surface area (Å²) in [4.78, 5) is 2.34. The van der Waals surface area contributed by atoms with Crippen molar-refractivity contribution >= 4 is 27.5 Å². The zero-order valence-electron chi connectivity index (χ0n) is 9.33. The minimum absolute atomic E-state index is 0.135. The lowest BCUT2D eigenvalue weighted by atomic mass is 10.1. The monoisotopic (exact) mass is 281 g/mol. The van der Waals surface area contributed by atoms with Gasteiger partial charge in [-0.15, -0.1) is 0 Å². The number of hydrogen-bond donors (Lipinski definition) is 2. The molecular weight excluding hydrogens is 266 g/mol. The van der Waals surface area contributed by atoms with Crippen LogP contribution in [0.3, 0.4) is 0 Å². The highest BCUT2D eigenvalue weighted by molar-refractivity contribution is 9.10. The molecule has 0 amide bonds. The van der Waals surface area contributed by atoms with Crippen LogP contribution in [0.5, 0.6) is 0 Å². The number of nitrogens with two attached hydrogens (primary N) is 1. The van der Waals surface area contributed by atoms with E-state index >= 15 is 0 Å². The molecule has 0 bridgehead atoms. The van der Waals surface area contributed by atoms with Gasteiger partial charge in [-0.1, -0.05) is 15.9 Å². The van der Waals surface area contributed by atoms with E-state index in [0.29, 0.717) is 6.04 Å². The molecule has 1 aromatic rings. The Balaban J connectivity index is 2.41. The van der Waals surface area contributed by atoms with E-state index in [-0.39, 0.29) is 5.84 Å². The van der Waals surface area contributed by atoms with Crippen LogP contribution in [0.1, 0.15) is 25.3 Å². The second-order valence-electron chi connectivity index (χ2n) is 4.09. The molecule has 3 N–H and O–H groups in total. The molecule has 1 aliphatic rings. The summed E-state index contributed by atoms with van der Waals surface area (Å²) in [5, 5.41) is 7.63. The second-order valence-corrected chi connectivity index (χ2v) is 5.01. The molecule has 16 heavy (non-hydrogen) atoms. The number of nitrogens with one attached hydrogen (secondary N) is 1. The highest BCUT2D eigenvalue weighted by Crippen LogP contribution is 2.34. The summed E-state index contributed by atoms with van der Waals surface area (Å²) in [6.07, 6.45) is 2.50. The molecule has 86 valence electrons. The number of rotatable bonds is 4. The number of halogens is 1. The van der Waals surface area contributed by atoms with Gasteiger partial charge >= 0.3 is 0 Å². The Morgan fingerprint density at radius 2 is 2.25 bits per heavy atom. The molecule has 4 heteroatoms. The molecule has 0 aromatic heterocycles. The molecule has 1 aromatic carbocycles. The summed E-state index contributed by atoms with van der Waals surface area (Å²) >= 11 is 3.42. The minimum atomic E-state index is 0.135. The highest BCUT2D eigenvalue weighted by Gasteiger charge is 2.29. The lowest BCUT2D eigenvalue weighted by molar-refractivity contribution is 0.825. The van der Waals surface area contributed by atoms with Crippen molar-refractivity contribution in [2.24, 2.45) is 5.73 Å². The molecule has 0 aliphatic heterocycles. The van der Waals surface area contributed by atoms with Crippen LogP contribution >= 0.6 is 15.9 Å². The topological polar surface area (TPSA) is 53.1 Å². The lowest BCUT2D eigenvalue weighted by Crippen LogP contribution is -2.28. The van der Waals surface area contributed by atoms with Crippen LogP contribution in [-0.2, 0) is 0 Å². The highest BCUT2D eigenvalue weighted by atomic mass is 79.9. The van der Waals surface area contributed by atoms with Crippen molar-refractivity contribution in [3.8, 4) is 0 Å². The fourth-order valence-electron chi connectivity index (χ4n) is 1.99. The summed E-state index contributed by atoms with van der Waals surface area (Å²) in [7, 11) is 0. The van der Waals surface area contributed by atoms with E-state index in [1.807, 2.05) is 18.2 Å². The molecule has 3 nitrogen and oxygen atoms in total. The van der Waals surface area contributed by atoms with Gasteiger partial charge in [0.25, 0.3) is 0 Å². The Morgan fingerprint density at radius 1 is 1.56 bits per heavy atom. The standard InChI is InChI=1S/C12H16BrN3/c1-2-16(9-4-5-9)11-6-3-8(13)7-10(11)12(14)15/h3,6-7,9H,2,4-5H2,1H3,(H3,14,15). The predicted octanol–water partition coefficient (Wildman–Crippen LogP) is 2.72. The van der Waals surface area contributed by atoms with Crippen molar-refractivity contribution in [1.29, 1.82) is 5.41 Å². The largest absolute Gasteiger partial charge is 0.384 e.